The van der Waals surface area contributed by atoms with Gasteiger partial charge in [0.1, 0.15) is 11.9 Å². The number of ether oxygens (including phenoxy) is 1. The van der Waals surface area contributed by atoms with Crippen LogP contribution in [0.25, 0.3) is 0 Å². The fraction of sp³-hybridized carbons (Fsp3) is 0.647. The lowest BCUT2D eigenvalue weighted by atomic mass is 9.94. The van der Waals surface area contributed by atoms with E-state index in [1.807, 2.05) is 0 Å². The highest BCUT2D eigenvalue weighted by Gasteiger charge is 2.17. The highest BCUT2D eigenvalue weighted by atomic mass is 16.5. The zero-order valence-electron chi connectivity index (χ0n) is 13.0. The van der Waals surface area contributed by atoms with Crippen LogP contribution in [0.1, 0.15) is 59.3 Å². The topological polar surface area (TPSA) is 35.2 Å². The Morgan fingerprint density at radius 3 is 2.32 bits per heavy atom. The summed E-state index contributed by atoms with van der Waals surface area (Å²) in [5, 5.41) is 0. The minimum absolute atomic E-state index is 0.255. The van der Waals surface area contributed by atoms with Crippen molar-refractivity contribution in [3.63, 3.8) is 0 Å². The van der Waals surface area contributed by atoms with Crippen LogP contribution in [0.2, 0.25) is 0 Å². The van der Waals surface area contributed by atoms with Crippen LogP contribution in [0.3, 0.4) is 0 Å². The molecule has 0 saturated heterocycles. The molecular weight excluding hydrogens is 234 g/mol. The van der Waals surface area contributed by atoms with Gasteiger partial charge in [0, 0.05) is 5.70 Å². The molecule has 2 unspecified atom stereocenters. The Balaban J connectivity index is 4.30. The first-order valence-electron chi connectivity index (χ1n) is 7.49. The van der Waals surface area contributed by atoms with Gasteiger partial charge < -0.3 is 10.5 Å². The summed E-state index contributed by atoms with van der Waals surface area (Å²) in [4.78, 5) is 0. The van der Waals surface area contributed by atoms with Gasteiger partial charge in [-0.25, -0.2) is 0 Å². The molecule has 19 heavy (non-hydrogen) atoms. The maximum absolute atomic E-state index is 5.96. The number of nitrogens with two attached hydrogens (primary N) is 1. The third-order valence-corrected chi connectivity index (χ3v) is 3.26. The SMILES string of the molecule is C=C(N)/C=C\C(=C)OC(CCC)C(C)CCCCC. The van der Waals surface area contributed by atoms with Gasteiger partial charge in [0.15, 0.2) is 0 Å². The molecule has 0 radical (unpaired) electrons. The molecule has 2 nitrogen and oxygen atoms in total. The molecule has 0 aliphatic heterocycles. The summed E-state index contributed by atoms with van der Waals surface area (Å²) in [5.41, 5.74) is 6.01. The highest BCUT2D eigenvalue weighted by molar-refractivity contribution is 5.18. The van der Waals surface area contributed by atoms with E-state index in [-0.39, 0.29) is 6.10 Å². The van der Waals surface area contributed by atoms with E-state index in [0.717, 1.165) is 12.8 Å². The van der Waals surface area contributed by atoms with Crippen LogP contribution in [0.4, 0.5) is 0 Å². The van der Waals surface area contributed by atoms with Gasteiger partial charge in [-0.05, 0) is 30.9 Å². The first-order chi connectivity index (χ1) is 9.01. The summed E-state index contributed by atoms with van der Waals surface area (Å²) < 4.78 is 5.96. The van der Waals surface area contributed by atoms with Crippen molar-refractivity contribution in [2.24, 2.45) is 11.7 Å². The first-order valence-corrected chi connectivity index (χ1v) is 7.49. The molecule has 0 aliphatic rings. The standard InChI is InChI=1S/C17H31NO/c1-6-8-9-11-14(3)17(10-7-2)19-16(5)13-12-15(4)18/h12-14,17H,4-11,18H2,1-3H3/b13-12-. The molecule has 2 heteroatoms. The summed E-state index contributed by atoms with van der Waals surface area (Å²) in [6, 6.07) is 0. The van der Waals surface area contributed by atoms with Crippen LogP contribution in [0.5, 0.6) is 0 Å². The number of unbranched alkanes of at least 4 members (excludes halogenated alkanes) is 2. The predicted molar refractivity (Wildman–Crippen MR) is 84.7 cm³/mol. The lowest BCUT2D eigenvalue weighted by molar-refractivity contribution is 0.0658. The molecule has 110 valence electrons. The summed E-state index contributed by atoms with van der Waals surface area (Å²) in [5.74, 6) is 1.24. The monoisotopic (exact) mass is 265 g/mol. The van der Waals surface area contributed by atoms with Crippen molar-refractivity contribution in [1.82, 2.24) is 0 Å². The number of hydrogen-bond acceptors (Lipinski definition) is 2. The second kappa shape index (κ2) is 10.7. The average molecular weight is 265 g/mol. The van der Waals surface area contributed by atoms with Crippen LogP contribution in [0, 0.1) is 5.92 Å². The fourth-order valence-electron chi connectivity index (χ4n) is 2.08. The minimum Gasteiger partial charge on any atom is -0.491 e. The van der Waals surface area contributed by atoms with Gasteiger partial charge >= 0.3 is 0 Å². The van der Waals surface area contributed by atoms with Crippen molar-refractivity contribution in [1.29, 1.82) is 0 Å². The van der Waals surface area contributed by atoms with Gasteiger partial charge in [-0.3, -0.25) is 0 Å². The third kappa shape index (κ3) is 9.40. The van der Waals surface area contributed by atoms with E-state index in [1.165, 1.54) is 25.7 Å². The molecule has 0 aliphatic carbocycles. The highest BCUT2D eigenvalue weighted by Crippen LogP contribution is 2.22. The van der Waals surface area contributed by atoms with Gasteiger partial charge in [-0.1, -0.05) is 59.6 Å². The molecule has 2 N–H and O–H groups in total. The van der Waals surface area contributed by atoms with Crippen LogP contribution >= 0.6 is 0 Å². The van der Waals surface area contributed by atoms with Gasteiger partial charge in [0.05, 0.1) is 0 Å². The van der Waals surface area contributed by atoms with Gasteiger partial charge in [-0.2, -0.15) is 0 Å². The Morgan fingerprint density at radius 1 is 1.11 bits per heavy atom. The molecule has 0 bridgehead atoms. The van der Waals surface area contributed by atoms with Crippen molar-refractivity contribution in [3.8, 4) is 0 Å². The average Bonchev–Trinajstić information content (AvgIpc) is 2.36. The summed E-state index contributed by atoms with van der Waals surface area (Å²) in [7, 11) is 0. The predicted octanol–water partition coefficient (Wildman–Crippen LogP) is 4.93. The summed E-state index contributed by atoms with van der Waals surface area (Å²) in [6.07, 6.45) is 11.0. The molecule has 0 rings (SSSR count). The molecule has 0 amide bonds. The lowest BCUT2D eigenvalue weighted by Crippen LogP contribution is -2.21. The largest absolute Gasteiger partial charge is 0.491 e. The lowest BCUT2D eigenvalue weighted by Gasteiger charge is -2.25. The van der Waals surface area contributed by atoms with Crippen molar-refractivity contribution in [2.75, 3.05) is 0 Å². The van der Waals surface area contributed by atoms with Crippen molar-refractivity contribution in [2.45, 2.75) is 65.4 Å². The van der Waals surface area contributed by atoms with Crippen LogP contribution in [0.15, 0.2) is 36.8 Å². The smallest absolute Gasteiger partial charge is 0.112 e. The Labute approximate surface area is 119 Å². The van der Waals surface area contributed by atoms with E-state index in [1.54, 1.807) is 12.2 Å². The van der Waals surface area contributed by atoms with Crippen molar-refractivity contribution in [3.05, 3.63) is 36.8 Å². The molecular formula is C17H31NO. The molecule has 0 heterocycles. The van der Waals surface area contributed by atoms with E-state index < -0.39 is 0 Å². The fourth-order valence-corrected chi connectivity index (χ4v) is 2.08. The Kier molecular flexibility index (Phi) is 10.1. The van der Waals surface area contributed by atoms with Gasteiger partial charge in [-0.15, -0.1) is 0 Å². The molecule has 0 fully saturated rings. The van der Waals surface area contributed by atoms with E-state index in [9.17, 15) is 0 Å². The third-order valence-electron chi connectivity index (χ3n) is 3.26. The van der Waals surface area contributed by atoms with Crippen molar-refractivity contribution >= 4 is 0 Å². The Morgan fingerprint density at radius 2 is 1.79 bits per heavy atom. The van der Waals surface area contributed by atoms with E-state index in [0.29, 0.717) is 17.4 Å². The van der Waals surface area contributed by atoms with Gasteiger partial charge in [0.2, 0.25) is 0 Å². The first kappa shape index (κ1) is 17.8. The van der Waals surface area contributed by atoms with E-state index >= 15 is 0 Å². The van der Waals surface area contributed by atoms with Gasteiger partial charge in [0.25, 0.3) is 0 Å². The Hall–Kier alpha value is -1.18. The zero-order chi connectivity index (χ0) is 14.7. The van der Waals surface area contributed by atoms with Crippen molar-refractivity contribution < 1.29 is 4.74 Å². The maximum Gasteiger partial charge on any atom is 0.112 e. The van der Waals surface area contributed by atoms with Crippen LogP contribution in [-0.2, 0) is 4.74 Å². The number of rotatable bonds is 11. The molecule has 0 aromatic carbocycles. The van der Waals surface area contributed by atoms with E-state index in [2.05, 4.69) is 33.9 Å². The second-order valence-corrected chi connectivity index (χ2v) is 5.29. The molecule has 0 saturated carbocycles. The Bertz CT molecular complexity index is 294. The summed E-state index contributed by atoms with van der Waals surface area (Å²) in [6.45, 7) is 14.2. The van der Waals surface area contributed by atoms with Crippen LogP contribution in [-0.4, -0.2) is 6.10 Å². The van der Waals surface area contributed by atoms with E-state index in [4.69, 9.17) is 10.5 Å². The zero-order valence-corrected chi connectivity index (χ0v) is 13.0. The number of allylic oxidation sites excluding steroid dienone is 2. The normalized spacial score (nSPS) is 14.3. The quantitative estimate of drug-likeness (QED) is 0.326. The second-order valence-electron chi connectivity index (χ2n) is 5.29. The molecule has 0 aromatic rings. The minimum atomic E-state index is 0.255. The molecule has 0 aromatic heterocycles. The number of hydrogen-bond donors (Lipinski definition) is 1. The van der Waals surface area contributed by atoms with Crippen LogP contribution < -0.4 is 5.73 Å². The molecule has 0 spiro atoms. The maximum atomic E-state index is 5.96. The molecule has 2 atom stereocenters. The summed E-state index contributed by atoms with van der Waals surface area (Å²) >= 11 is 0.